The smallest absolute Gasteiger partial charge is 0.168 e. The highest BCUT2D eigenvalue weighted by molar-refractivity contribution is 6.09. The number of hydrogen-bond acceptors (Lipinski definition) is 2. The Hall–Kier alpha value is -5.48. The molecule has 0 saturated carbocycles. The van der Waals surface area contributed by atoms with E-state index in [-0.39, 0.29) is 0 Å². The van der Waals surface area contributed by atoms with Crippen LogP contribution in [-0.2, 0) is 0 Å². The zero-order valence-corrected chi connectivity index (χ0v) is 21.6. The topological polar surface area (TPSA) is 35.6 Å². The Morgan fingerprint density at radius 1 is 0.375 bits per heavy atom. The van der Waals surface area contributed by atoms with Crippen LogP contribution in [0.2, 0.25) is 0 Å². The summed E-state index contributed by atoms with van der Waals surface area (Å²) < 4.78 is 4.50. The molecule has 0 N–H and O–H groups in total. The molecule has 0 amide bonds. The summed E-state index contributed by atoms with van der Waals surface area (Å²) in [5.41, 5.74) is 6.57. The second-order valence-corrected chi connectivity index (χ2v) is 10.00. The van der Waals surface area contributed by atoms with Crippen LogP contribution < -0.4 is 0 Å². The highest BCUT2D eigenvalue weighted by Crippen LogP contribution is 2.34. The minimum atomic E-state index is 0.813. The van der Waals surface area contributed by atoms with Gasteiger partial charge in [0.2, 0.25) is 0 Å². The predicted molar refractivity (Wildman–Crippen MR) is 164 cm³/mol. The lowest BCUT2D eigenvalue weighted by molar-refractivity contribution is 1.07. The summed E-state index contributed by atoms with van der Waals surface area (Å²) in [6.45, 7) is 0. The van der Waals surface area contributed by atoms with Gasteiger partial charge in [-0.3, -0.25) is 4.57 Å². The maximum absolute atomic E-state index is 4.71. The van der Waals surface area contributed by atoms with Crippen LogP contribution in [0.1, 0.15) is 0 Å². The molecule has 4 heteroatoms. The van der Waals surface area contributed by atoms with Crippen molar-refractivity contribution in [2.75, 3.05) is 0 Å². The molecule has 0 radical (unpaired) electrons. The van der Waals surface area contributed by atoms with Gasteiger partial charge in [-0.2, -0.15) is 0 Å². The molecule has 2 heterocycles. The molecule has 0 aliphatic rings. The minimum Gasteiger partial charge on any atom is -0.309 e. The van der Waals surface area contributed by atoms with E-state index in [0.29, 0.717) is 0 Å². The Morgan fingerprint density at radius 3 is 1.57 bits per heavy atom. The number of rotatable bonds is 4. The molecular weight excluding hydrogens is 488 g/mol. The molecule has 4 nitrogen and oxygen atoms in total. The fraction of sp³-hybridized carbons (Fsp3) is 0. The van der Waals surface area contributed by atoms with Crippen molar-refractivity contribution in [3.8, 4) is 34.2 Å². The van der Waals surface area contributed by atoms with Crippen LogP contribution >= 0.6 is 0 Å². The fourth-order valence-electron chi connectivity index (χ4n) is 5.77. The maximum atomic E-state index is 4.71. The highest BCUT2D eigenvalue weighted by Gasteiger charge is 2.18. The Balaban J connectivity index is 1.31. The molecule has 0 spiro atoms. The third-order valence-electron chi connectivity index (χ3n) is 7.65. The molecule has 0 bridgehead atoms. The van der Waals surface area contributed by atoms with Gasteiger partial charge in [0, 0.05) is 33.3 Å². The van der Waals surface area contributed by atoms with Crippen LogP contribution in [0.15, 0.2) is 146 Å². The molecule has 0 saturated heterocycles. The van der Waals surface area contributed by atoms with E-state index in [9.17, 15) is 0 Å². The summed E-state index contributed by atoms with van der Waals surface area (Å²) in [5, 5.41) is 14.3. The Labute approximate surface area is 231 Å². The van der Waals surface area contributed by atoms with Crippen LogP contribution in [0.25, 0.3) is 66.7 Å². The molecule has 40 heavy (non-hydrogen) atoms. The number of aromatic nitrogens is 4. The zero-order valence-electron chi connectivity index (χ0n) is 21.6. The molecule has 0 fully saturated rings. The first-order chi connectivity index (χ1) is 19.8. The van der Waals surface area contributed by atoms with Gasteiger partial charge in [-0.1, -0.05) is 103 Å². The number of nitrogens with zero attached hydrogens (tertiary/aromatic N) is 4. The first-order valence-electron chi connectivity index (χ1n) is 13.4. The summed E-state index contributed by atoms with van der Waals surface area (Å²) in [5.74, 6) is 1.63. The molecule has 0 aliphatic carbocycles. The van der Waals surface area contributed by atoms with Crippen molar-refractivity contribution >= 4 is 32.6 Å². The average Bonchev–Trinajstić information content (AvgIpc) is 3.62. The Morgan fingerprint density at radius 2 is 0.900 bits per heavy atom. The van der Waals surface area contributed by atoms with E-state index in [1.807, 2.05) is 18.2 Å². The predicted octanol–water partition coefficient (Wildman–Crippen LogP) is 8.85. The van der Waals surface area contributed by atoms with Crippen molar-refractivity contribution in [1.82, 2.24) is 19.3 Å². The molecule has 8 rings (SSSR count). The molecule has 0 atom stereocenters. The lowest BCUT2D eigenvalue weighted by Crippen LogP contribution is -2.01. The standard InChI is InChI=1S/C36H24N4/c1-2-11-26(12-3-1)35-37-38-36(28-19-18-25-10-4-5-13-27(25)24-28)40(35)30-22-20-29(21-23-30)39-33-16-8-6-14-31(33)32-15-7-9-17-34(32)39/h1-24H. The van der Waals surface area contributed by atoms with E-state index in [0.717, 1.165) is 34.2 Å². The van der Waals surface area contributed by atoms with Gasteiger partial charge in [0.1, 0.15) is 0 Å². The van der Waals surface area contributed by atoms with Crippen molar-refractivity contribution in [2.24, 2.45) is 0 Å². The molecular formula is C36H24N4. The quantitative estimate of drug-likeness (QED) is 0.236. The number of para-hydroxylation sites is 2. The third-order valence-corrected chi connectivity index (χ3v) is 7.65. The largest absolute Gasteiger partial charge is 0.309 e. The first kappa shape index (κ1) is 22.5. The van der Waals surface area contributed by atoms with Crippen LogP contribution in [-0.4, -0.2) is 19.3 Å². The summed E-state index contributed by atoms with van der Waals surface area (Å²) >= 11 is 0. The van der Waals surface area contributed by atoms with Gasteiger partial charge in [0.25, 0.3) is 0 Å². The average molecular weight is 513 g/mol. The molecule has 8 aromatic rings. The SMILES string of the molecule is c1ccc(-c2nnc(-c3ccc4ccccc4c3)n2-c2ccc(-n3c4ccccc4c4ccccc43)cc2)cc1. The van der Waals surface area contributed by atoms with E-state index >= 15 is 0 Å². The fourth-order valence-corrected chi connectivity index (χ4v) is 5.77. The number of hydrogen-bond donors (Lipinski definition) is 0. The maximum Gasteiger partial charge on any atom is 0.168 e. The van der Waals surface area contributed by atoms with Gasteiger partial charge in [-0.15, -0.1) is 10.2 Å². The summed E-state index contributed by atoms with van der Waals surface area (Å²) in [6.07, 6.45) is 0. The second-order valence-electron chi connectivity index (χ2n) is 10.00. The molecule has 0 aliphatic heterocycles. The Bertz CT molecular complexity index is 2100. The normalized spacial score (nSPS) is 11.5. The molecule has 188 valence electrons. The number of fused-ring (bicyclic) bond motifs is 4. The van der Waals surface area contributed by atoms with Crippen LogP contribution in [0, 0.1) is 0 Å². The van der Waals surface area contributed by atoms with Crippen molar-refractivity contribution in [1.29, 1.82) is 0 Å². The van der Waals surface area contributed by atoms with Gasteiger partial charge in [-0.05, 0) is 53.2 Å². The van der Waals surface area contributed by atoms with Gasteiger partial charge in [0.15, 0.2) is 11.6 Å². The van der Waals surface area contributed by atoms with Crippen LogP contribution in [0.3, 0.4) is 0 Å². The lowest BCUT2D eigenvalue weighted by Gasteiger charge is -2.13. The molecule has 6 aromatic carbocycles. The second kappa shape index (κ2) is 9.07. The van der Waals surface area contributed by atoms with Gasteiger partial charge in [0.05, 0.1) is 11.0 Å². The summed E-state index contributed by atoms with van der Waals surface area (Å²) in [4.78, 5) is 0. The van der Waals surface area contributed by atoms with E-state index in [1.165, 1.54) is 32.6 Å². The van der Waals surface area contributed by atoms with Crippen molar-refractivity contribution in [2.45, 2.75) is 0 Å². The van der Waals surface area contributed by atoms with Crippen LogP contribution in [0.5, 0.6) is 0 Å². The van der Waals surface area contributed by atoms with E-state index in [2.05, 4.69) is 142 Å². The van der Waals surface area contributed by atoms with Crippen molar-refractivity contribution < 1.29 is 0 Å². The minimum absolute atomic E-state index is 0.813. The number of benzene rings is 6. The monoisotopic (exact) mass is 512 g/mol. The third kappa shape index (κ3) is 3.54. The van der Waals surface area contributed by atoms with Crippen molar-refractivity contribution in [3.63, 3.8) is 0 Å². The highest BCUT2D eigenvalue weighted by atomic mass is 15.3. The van der Waals surface area contributed by atoms with Crippen molar-refractivity contribution in [3.05, 3.63) is 146 Å². The first-order valence-corrected chi connectivity index (χ1v) is 13.4. The van der Waals surface area contributed by atoms with E-state index in [1.54, 1.807) is 0 Å². The Kier molecular flexibility index (Phi) is 5.10. The lowest BCUT2D eigenvalue weighted by atomic mass is 10.1. The summed E-state index contributed by atoms with van der Waals surface area (Å²) in [6, 6.07) is 51.0. The van der Waals surface area contributed by atoms with Gasteiger partial charge in [-0.25, -0.2) is 0 Å². The van der Waals surface area contributed by atoms with E-state index < -0.39 is 0 Å². The van der Waals surface area contributed by atoms with Gasteiger partial charge < -0.3 is 4.57 Å². The van der Waals surface area contributed by atoms with Gasteiger partial charge >= 0.3 is 0 Å². The molecule has 0 unspecified atom stereocenters. The molecule has 2 aromatic heterocycles. The zero-order chi connectivity index (χ0) is 26.5. The summed E-state index contributed by atoms with van der Waals surface area (Å²) in [7, 11) is 0. The van der Waals surface area contributed by atoms with Crippen LogP contribution in [0.4, 0.5) is 0 Å². The van der Waals surface area contributed by atoms with E-state index in [4.69, 9.17) is 5.10 Å².